The van der Waals surface area contributed by atoms with Gasteiger partial charge >= 0.3 is 0 Å². The summed E-state index contributed by atoms with van der Waals surface area (Å²) in [5, 5.41) is 4.97. The van der Waals surface area contributed by atoms with E-state index < -0.39 is 0 Å². The van der Waals surface area contributed by atoms with Crippen molar-refractivity contribution in [3.05, 3.63) is 41.2 Å². The van der Waals surface area contributed by atoms with Crippen molar-refractivity contribution in [3.63, 3.8) is 0 Å². The maximum atomic E-state index is 12.2. The van der Waals surface area contributed by atoms with E-state index in [0.29, 0.717) is 17.3 Å². The van der Waals surface area contributed by atoms with Gasteiger partial charge < -0.3 is 10.1 Å². The number of carbonyl (C=O) groups excluding carboxylic acids is 1. The molecule has 0 atom stereocenters. The maximum Gasteiger partial charge on any atom is 0.253 e. The third kappa shape index (κ3) is 4.16. The molecule has 21 heavy (non-hydrogen) atoms. The minimum atomic E-state index is -0.109. The van der Waals surface area contributed by atoms with Crippen LogP contribution in [0.1, 0.15) is 29.6 Å². The molecule has 5 heteroatoms. The molecule has 0 fully saturated rings. The van der Waals surface area contributed by atoms with Gasteiger partial charge in [0.1, 0.15) is 5.15 Å². The van der Waals surface area contributed by atoms with Gasteiger partial charge in [-0.25, -0.2) is 4.98 Å². The number of nitrogens with one attached hydrogen (secondary N) is 1. The molecule has 4 nitrogen and oxygen atoms in total. The average Bonchev–Trinajstić information content (AvgIpc) is 2.51. The van der Waals surface area contributed by atoms with Gasteiger partial charge in [-0.15, -0.1) is 0 Å². The highest BCUT2D eigenvalue weighted by atomic mass is 35.5. The van der Waals surface area contributed by atoms with E-state index in [9.17, 15) is 4.79 Å². The second-order valence-corrected chi connectivity index (χ2v) is 5.18. The van der Waals surface area contributed by atoms with Crippen molar-refractivity contribution in [3.8, 4) is 0 Å². The summed E-state index contributed by atoms with van der Waals surface area (Å²) in [5.41, 5.74) is 0.562. The van der Waals surface area contributed by atoms with Crippen LogP contribution in [0.25, 0.3) is 10.8 Å². The maximum absolute atomic E-state index is 12.2. The standard InChI is InChI=1S/C16H19ClN2O2/c1-21-10-6-2-5-9-18-16(20)14-11-19-15(17)13-8-4-3-7-12(13)14/h3-4,7-8,11H,2,5-6,9-10H2,1H3,(H,18,20). The molecule has 0 aliphatic rings. The highest BCUT2D eigenvalue weighted by molar-refractivity contribution is 6.34. The molecule has 0 saturated heterocycles. The summed E-state index contributed by atoms with van der Waals surface area (Å²) >= 11 is 6.05. The number of methoxy groups -OCH3 is 1. The minimum absolute atomic E-state index is 0.109. The molecule has 0 unspecified atom stereocenters. The Kier molecular flexibility index (Phi) is 5.96. The first kappa shape index (κ1) is 15.7. The Labute approximate surface area is 129 Å². The Morgan fingerprint density at radius 1 is 1.24 bits per heavy atom. The van der Waals surface area contributed by atoms with Crippen molar-refractivity contribution in [2.45, 2.75) is 19.3 Å². The Bertz CT molecular complexity index is 616. The van der Waals surface area contributed by atoms with Gasteiger partial charge in [-0.1, -0.05) is 35.9 Å². The number of hydrogen-bond donors (Lipinski definition) is 1. The van der Waals surface area contributed by atoms with Gasteiger partial charge in [-0.2, -0.15) is 0 Å². The highest BCUT2D eigenvalue weighted by Gasteiger charge is 2.11. The molecule has 1 aromatic heterocycles. The monoisotopic (exact) mass is 306 g/mol. The van der Waals surface area contributed by atoms with Crippen LogP contribution >= 0.6 is 11.6 Å². The number of pyridine rings is 1. The molecular formula is C16H19ClN2O2. The summed E-state index contributed by atoms with van der Waals surface area (Å²) in [6.45, 7) is 1.42. The zero-order chi connectivity index (χ0) is 15.1. The topological polar surface area (TPSA) is 51.2 Å². The van der Waals surface area contributed by atoms with Gasteiger partial charge in [0.15, 0.2) is 0 Å². The number of hydrogen-bond acceptors (Lipinski definition) is 3. The number of nitrogens with zero attached hydrogens (tertiary/aromatic N) is 1. The third-order valence-electron chi connectivity index (χ3n) is 3.30. The van der Waals surface area contributed by atoms with Crippen LogP contribution in [0.2, 0.25) is 5.15 Å². The number of fused-ring (bicyclic) bond motifs is 1. The van der Waals surface area contributed by atoms with Gasteiger partial charge in [-0.05, 0) is 24.6 Å². The summed E-state index contributed by atoms with van der Waals surface area (Å²) in [5.74, 6) is -0.109. The van der Waals surface area contributed by atoms with Crippen molar-refractivity contribution in [2.75, 3.05) is 20.3 Å². The lowest BCUT2D eigenvalue weighted by molar-refractivity contribution is 0.0954. The molecule has 1 N–H and O–H groups in total. The summed E-state index contributed by atoms with van der Waals surface area (Å²) in [6, 6.07) is 7.52. The SMILES string of the molecule is COCCCCCNC(=O)c1cnc(Cl)c2ccccc12. The van der Waals surface area contributed by atoms with Crippen LogP contribution in [0.4, 0.5) is 0 Å². The van der Waals surface area contributed by atoms with Crippen LogP contribution in [-0.4, -0.2) is 31.2 Å². The van der Waals surface area contributed by atoms with E-state index in [1.807, 2.05) is 24.3 Å². The van der Waals surface area contributed by atoms with E-state index in [-0.39, 0.29) is 5.91 Å². The van der Waals surface area contributed by atoms with Gasteiger partial charge in [0.2, 0.25) is 0 Å². The number of benzene rings is 1. The van der Waals surface area contributed by atoms with E-state index in [0.717, 1.165) is 36.6 Å². The first-order chi connectivity index (χ1) is 10.2. The van der Waals surface area contributed by atoms with E-state index in [1.165, 1.54) is 6.20 Å². The minimum Gasteiger partial charge on any atom is -0.385 e. The molecule has 0 saturated carbocycles. The van der Waals surface area contributed by atoms with Crippen LogP contribution < -0.4 is 5.32 Å². The molecule has 1 amide bonds. The zero-order valence-electron chi connectivity index (χ0n) is 12.1. The molecule has 2 aromatic rings. The number of aromatic nitrogens is 1. The van der Waals surface area contributed by atoms with Crippen LogP contribution in [0.3, 0.4) is 0 Å². The van der Waals surface area contributed by atoms with Crippen LogP contribution in [0.5, 0.6) is 0 Å². The van der Waals surface area contributed by atoms with Crippen LogP contribution in [-0.2, 0) is 4.74 Å². The summed E-state index contributed by atoms with van der Waals surface area (Å²) in [7, 11) is 1.69. The van der Waals surface area contributed by atoms with Crippen molar-refractivity contribution < 1.29 is 9.53 Å². The largest absolute Gasteiger partial charge is 0.385 e. The highest BCUT2D eigenvalue weighted by Crippen LogP contribution is 2.24. The molecular weight excluding hydrogens is 288 g/mol. The average molecular weight is 307 g/mol. The third-order valence-corrected chi connectivity index (χ3v) is 3.60. The second-order valence-electron chi connectivity index (χ2n) is 4.82. The summed E-state index contributed by atoms with van der Waals surface area (Å²) in [4.78, 5) is 16.3. The molecule has 0 spiro atoms. The van der Waals surface area contributed by atoms with Gasteiger partial charge in [0.05, 0.1) is 5.56 Å². The van der Waals surface area contributed by atoms with Gasteiger partial charge in [0.25, 0.3) is 5.91 Å². The zero-order valence-corrected chi connectivity index (χ0v) is 12.8. The lowest BCUT2D eigenvalue weighted by Gasteiger charge is -2.08. The molecule has 1 heterocycles. The van der Waals surface area contributed by atoms with Crippen molar-refractivity contribution >= 4 is 28.3 Å². The van der Waals surface area contributed by atoms with E-state index in [4.69, 9.17) is 16.3 Å². The van der Waals surface area contributed by atoms with Gasteiger partial charge in [0, 0.05) is 31.8 Å². The Balaban J connectivity index is 1.98. The van der Waals surface area contributed by atoms with Crippen molar-refractivity contribution in [2.24, 2.45) is 0 Å². The number of unbranched alkanes of at least 4 members (excludes halogenated alkanes) is 2. The first-order valence-electron chi connectivity index (χ1n) is 7.04. The number of rotatable bonds is 7. The molecule has 0 bridgehead atoms. The van der Waals surface area contributed by atoms with Crippen LogP contribution in [0.15, 0.2) is 30.5 Å². The lowest BCUT2D eigenvalue weighted by atomic mass is 10.1. The second kappa shape index (κ2) is 7.96. The Hall–Kier alpha value is -1.65. The molecule has 112 valence electrons. The number of carbonyl (C=O) groups is 1. The van der Waals surface area contributed by atoms with E-state index in [2.05, 4.69) is 10.3 Å². The molecule has 0 radical (unpaired) electrons. The summed E-state index contributed by atoms with van der Waals surface area (Å²) < 4.78 is 4.99. The normalized spacial score (nSPS) is 10.8. The number of amides is 1. The fraction of sp³-hybridized carbons (Fsp3) is 0.375. The molecule has 0 aliphatic carbocycles. The van der Waals surface area contributed by atoms with E-state index >= 15 is 0 Å². The van der Waals surface area contributed by atoms with Gasteiger partial charge in [-0.3, -0.25) is 4.79 Å². The summed E-state index contributed by atoms with van der Waals surface area (Å²) in [6.07, 6.45) is 4.52. The Morgan fingerprint density at radius 3 is 2.76 bits per heavy atom. The smallest absolute Gasteiger partial charge is 0.253 e. The molecule has 1 aromatic carbocycles. The van der Waals surface area contributed by atoms with Crippen molar-refractivity contribution in [1.29, 1.82) is 0 Å². The fourth-order valence-electron chi connectivity index (χ4n) is 2.18. The number of ether oxygens (including phenoxy) is 1. The lowest BCUT2D eigenvalue weighted by Crippen LogP contribution is -2.24. The predicted molar refractivity (Wildman–Crippen MR) is 84.8 cm³/mol. The number of halogens is 1. The van der Waals surface area contributed by atoms with E-state index in [1.54, 1.807) is 7.11 Å². The Morgan fingerprint density at radius 2 is 2.00 bits per heavy atom. The quantitative estimate of drug-likeness (QED) is 0.630. The molecule has 0 aliphatic heterocycles. The fourth-order valence-corrected chi connectivity index (χ4v) is 2.40. The predicted octanol–water partition coefficient (Wildman–Crippen LogP) is 3.43. The first-order valence-corrected chi connectivity index (χ1v) is 7.42. The van der Waals surface area contributed by atoms with Crippen LogP contribution in [0, 0.1) is 0 Å². The molecule has 2 rings (SSSR count). The van der Waals surface area contributed by atoms with Crippen molar-refractivity contribution in [1.82, 2.24) is 10.3 Å².